The Hall–Kier alpha value is -1.24. The molecule has 108 valence electrons. The molecule has 0 spiro atoms. The molecule has 21 heavy (non-hydrogen) atoms. The quantitative estimate of drug-likeness (QED) is 0.625. The SMILES string of the molecule is Clc1ccccc1-c1nc(Cn2cc(CCBr)nn2)cs1. The molecule has 3 rings (SSSR count). The van der Waals surface area contributed by atoms with E-state index in [-0.39, 0.29) is 0 Å². The first-order valence-corrected chi connectivity index (χ1v) is 8.78. The van der Waals surface area contributed by atoms with E-state index in [1.54, 1.807) is 11.3 Å². The second-order valence-electron chi connectivity index (χ2n) is 4.47. The van der Waals surface area contributed by atoms with E-state index in [9.17, 15) is 0 Å². The predicted octanol–water partition coefficient (Wildman–Crippen LogP) is 4.04. The lowest BCUT2D eigenvalue weighted by molar-refractivity contribution is 0.641. The van der Waals surface area contributed by atoms with Crippen LogP contribution in [-0.4, -0.2) is 25.3 Å². The molecular formula is C14H12BrClN4S. The minimum atomic E-state index is 0.621. The highest BCUT2D eigenvalue weighted by molar-refractivity contribution is 9.09. The first-order chi connectivity index (χ1) is 10.3. The van der Waals surface area contributed by atoms with E-state index in [1.165, 1.54) is 0 Å². The van der Waals surface area contributed by atoms with Crippen molar-refractivity contribution < 1.29 is 0 Å². The summed E-state index contributed by atoms with van der Waals surface area (Å²) in [5.74, 6) is 0. The zero-order chi connectivity index (χ0) is 14.7. The molecule has 2 aromatic heterocycles. The van der Waals surface area contributed by atoms with E-state index in [1.807, 2.05) is 40.5 Å². The van der Waals surface area contributed by atoms with Gasteiger partial charge in [-0.15, -0.1) is 16.4 Å². The Labute approximate surface area is 139 Å². The molecule has 0 radical (unpaired) electrons. The molecule has 0 amide bonds. The number of rotatable bonds is 5. The standard InChI is InChI=1S/C14H12BrClN4S/c15-6-5-10-7-20(19-18-10)8-11-9-21-14(17-11)12-3-1-2-4-13(12)16/h1-4,7,9H,5-6,8H2. The van der Waals surface area contributed by atoms with Crippen molar-refractivity contribution in [3.8, 4) is 10.6 Å². The van der Waals surface area contributed by atoms with Crippen LogP contribution in [-0.2, 0) is 13.0 Å². The molecule has 0 unspecified atom stereocenters. The minimum absolute atomic E-state index is 0.621. The maximum atomic E-state index is 6.20. The normalized spacial score (nSPS) is 11.0. The van der Waals surface area contributed by atoms with Crippen molar-refractivity contribution in [2.24, 2.45) is 0 Å². The second-order valence-corrected chi connectivity index (χ2v) is 6.53. The van der Waals surface area contributed by atoms with Gasteiger partial charge in [0, 0.05) is 28.9 Å². The Balaban J connectivity index is 1.77. The summed E-state index contributed by atoms with van der Waals surface area (Å²) in [7, 11) is 0. The maximum absolute atomic E-state index is 6.20. The van der Waals surface area contributed by atoms with Crippen LogP contribution < -0.4 is 0 Å². The van der Waals surface area contributed by atoms with Crippen LogP contribution in [0.15, 0.2) is 35.8 Å². The van der Waals surface area contributed by atoms with Gasteiger partial charge in [0.1, 0.15) is 5.01 Å². The van der Waals surface area contributed by atoms with Gasteiger partial charge in [-0.25, -0.2) is 9.67 Å². The van der Waals surface area contributed by atoms with Crippen molar-refractivity contribution in [2.75, 3.05) is 5.33 Å². The first kappa shape index (κ1) is 14.7. The van der Waals surface area contributed by atoms with Crippen LogP contribution in [0.25, 0.3) is 10.6 Å². The lowest BCUT2D eigenvalue weighted by atomic mass is 10.2. The van der Waals surface area contributed by atoms with Gasteiger partial charge in [-0.1, -0.05) is 50.9 Å². The molecule has 2 heterocycles. The zero-order valence-corrected chi connectivity index (χ0v) is 14.2. The van der Waals surface area contributed by atoms with Crippen LogP contribution in [0.5, 0.6) is 0 Å². The molecule has 0 saturated heterocycles. The van der Waals surface area contributed by atoms with Crippen molar-refractivity contribution in [3.63, 3.8) is 0 Å². The second kappa shape index (κ2) is 6.68. The minimum Gasteiger partial charge on any atom is -0.246 e. The molecule has 1 aromatic carbocycles. The van der Waals surface area contributed by atoms with Gasteiger partial charge in [0.25, 0.3) is 0 Å². The predicted molar refractivity (Wildman–Crippen MR) is 89.2 cm³/mol. The Kier molecular flexibility index (Phi) is 4.67. The first-order valence-electron chi connectivity index (χ1n) is 6.40. The molecule has 0 bridgehead atoms. The van der Waals surface area contributed by atoms with Crippen molar-refractivity contribution in [2.45, 2.75) is 13.0 Å². The lowest BCUT2D eigenvalue weighted by Gasteiger charge is -1.99. The van der Waals surface area contributed by atoms with Crippen LogP contribution in [0.1, 0.15) is 11.4 Å². The Morgan fingerprint density at radius 2 is 2.10 bits per heavy atom. The number of alkyl halides is 1. The molecule has 0 N–H and O–H groups in total. The summed E-state index contributed by atoms with van der Waals surface area (Å²) in [6.07, 6.45) is 2.83. The fourth-order valence-corrected chi connectivity index (χ4v) is 3.47. The van der Waals surface area contributed by atoms with E-state index >= 15 is 0 Å². The molecule has 0 atom stereocenters. The third-order valence-corrected chi connectivity index (χ3v) is 4.57. The molecule has 0 aliphatic carbocycles. The van der Waals surface area contributed by atoms with E-state index in [2.05, 4.69) is 31.2 Å². The third-order valence-electron chi connectivity index (χ3n) is 2.92. The fourth-order valence-electron chi connectivity index (χ4n) is 1.93. The molecule has 3 aromatic rings. The van der Waals surface area contributed by atoms with Crippen molar-refractivity contribution >= 4 is 38.9 Å². The average Bonchev–Trinajstić information content (AvgIpc) is 3.10. The van der Waals surface area contributed by atoms with Crippen molar-refractivity contribution in [3.05, 3.63) is 52.3 Å². The molecule has 0 saturated carbocycles. The number of benzene rings is 1. The highest BCUT2D eigenvalue weighted by Gasteiger charge is 2.09. The van der Waals surface area contributed by atoms with Crippen molar-refractivity contribution in [1.29, 1.82) is 0 Å². The Morgan fingerprint density at radius 1 is 1.24 bits per heavy atom. The average molecular weight is 384 g/mol. The summed E-state index contributed by atoms with van der Waals surface area (Å²) in [6, 6.07) is 7.74. The highest BCUT2D eigenvalue weighted by Crippen LogP contribution is 2.30. The third kappa shape index (κ3) is 3.51. The molecular weight excluding hydrogens is 372 g/mol. The molecule has 4 nitrogen and oxygen atoms in total. The van der Waals surface area contributed by atoms with Crippen LogP contribution in [0, 0.1) is 0 Å². The summed E-state index contributed by atoms with van der Waals surface area (Å²) >= 11 is 11.2. The monoisotopic (exact) mass is 382 g/mol. The number of aromatic nitrogens is 4. The van der Waals surface area contributed by atoms with Gasteiger partial charge in [0.05, 0.1) is 23.0 Å². The number of thiazole rings is 1. The summed E-state index contributed by atoms with van der Waals surface area (Å²) < 4.78 is 1.81. The van der Waals surface area contributed by atoms with E-state index in [4.69, 9.17) is 11.6 Å². The molecule has 0 aliphatic rings. The van der Waals surface area contributed by atoms with Gasteiger partial charge in [-0.05, 0) is 6.07 Å². The number of aryl methyl sites for hydroxylation is 1. The Morgan fingerprint density at radius 3 is 2.90 bits per heavy atom. The topological polar surface area (TPSA) is 43.6 Å². The molecule has 7 heteroatoms. The summed E-state index contributed by atoms with van der Waals surface area (Å²) in [4.78, 5) is 4.63. The van der Waals surface area contributed by atoms with Gasteiger partial charge in [-0.3, -0.25) is 0 Å². The van der Waals surface area contributed by atoms with Crippen LogP contribution in [0.2, 0.25) is 5.02 Å². The van der Waals surface area contributed by atoms with E-state index < -0.39 is 0 Å². The molecule has 0 fully saturated rings. The van der Waals surface area contributed by atoms with Gasteiger partial charge in [0.15, 0.2) is 0 Å². The van der Waals surface area contributed by atoms with Gasteiger partial charge >= 0.3 is 0 Å². The number of hydrogen-bond acceptors (Lipinski definition) is 4. The smallest absolute Gasteiger partial charge is 0.125 e. The van der Waals surface area contributed by atoms with Crippen LogP contribution in [0.3, 0.4) is 0 Å². The fraction of sp³-hybridized carbons (Fsp3) is 0.214. The number of hydrogen-bond donors (Lipinski definition) is 0. The summed E-state index contributed by atoms with van der Waals surface area (Å²) in [6.45, 7) is 0.621. The maximum Gasteiger partial charge on any atom is 0.125 e. The van der Waals surface area contributed by atoms with Gasteiger partial charge < -0.3 is 0 Å². The lowest BCUT2D eigenvalue weighted by Crippen LogP contribution is -2.00. The number of nitrogens with zero attached hydrogens (tertiary/aromatic N) is 4. The molecule has 0 aliphatic heterocycles. The summed E-state index contributed by atoms with van der Waals surface area (Å²) in [5, 5.41) is 12.8. The summed E-state index contributed by atoms with van der Waals surface area (Å²) in [5.41, 5.74) is 2.91. The van der Waals surface area contributed by atoms with Gasteiger partial charge in [-0.2, -0.15) is 0 Å². The largest absolute Gasteiger partial charge is 0.246 e. The Bertz CT molecular complexity index is 740. The van der Waals surface area contributed by atoms with Crippen LogP contribution >= 0.6 is 38.9 Å². The van der Waals surface area contributed by atoms with Crippen molar-refractivity contribution in [1.82, 2.24) is 20.0 Å². The van der Waals surface area contributed by atoms with E-state index in [0.29, 0.717) is 6.54 Å². The number of halogens is 2. The van der Waals surface area contributed by atoms with E-state index in [0.717, 1.165) is 38.7 Å². The van der Waals surface area contributed by atoms with Gasteiger partial charge in [0.2, 0.25) is 0 Å². The van der Waals surface area contributed by atoms with Crippen LogP contribution in [0.4, 0.5) is 0 Å². The zero-order valence-electron chi connectivity index (χ0n) is 11.0. The highest BCUT2D eigenvalue weighted by atomic mass is 79.9.